The van der Waals surface area contributed by atoms with Gasteiger partial charge in [0.25, 0.3) is 0 Å². The second kappa shape index (κ2) is 5.80. The van der Waals surface area contributed by atoms with Crippen LogP contribution in [0.2, 0.25) is 0 Å². The standard InChI is InChI=1S/C14H18FNO5S2/c1-10-3-2-4-11(15)14(10)23(19,20)16-6-8-22(17,18)13-9-21-7-5-12(13)16/h2-4,12-13H,5-9H2,1H3/t12-,13-/m1/s1. The minimum Gasteiger partial charge on any atom is -0.380 e. The van der Waals surface area contributed by atoms with E-state index in [-0.39, 0.29) is 30.2 Å². The quantitative estimate of drug-likeness (QED) is 0.773. The minimum atomic E-state index is -4.11. The van der Waals surface area contributed by atoms with Crippen molar-refractivity contribution in [3.8, 4) is 0 Å². The maximum atomic E-state index is 14.1. The molecule has 0 saturated carbocycles. The molecule has 0 unspecified atom stereocenters. The number of fused-ring (bicyclic) bond motifs is 1. The molecule has 0 amide bonds. The summed E-state index contributed by atoms with van der Waals surface area (Å²) in [4.78, 5) is -0.371. The number of sulfone groups is 1. The minimum absolute atomic E-state index is 0.0186. The molecule has 0 bridgehead atoms. The molecule has 6 nitrogen and oxygen atoms in total. The smallest absolute Gasteiger partial charge is 0.246 e. The number of rotatable bonds is 2. The molecular formula is C14H18FNO5S2. The maximum Gasteiger partial charge on any atom is 0.246 e. The molecule has 0 aromatic heterocycles. The largest absolute Gasteiger partial charge is 0.380 e. The van der Waals surface area contributed by atoms with Crippen molar-refractivity contribution in [2.24, 2.45) is 0 Å². The SMILES string of the molecule is Cc1cccc(F)c1S(=O)(=O)N1CCS(=O)(=O)[C@@H]2COCC[C@H]21. The monoisotopic (exact) mass is 363 g/mol. The Labute approximate surface area is 135 Å². The lowest BCUT2D eigenvalue weighted by Gasteiger charge is -2.42. The Morgan fingerprint density at radius 3 is 2.78 bits per heavy atom. The van der Waals surface area contributed by atoms with Crippen LogP contribution in [0.5, 0.6) is 0 Å². The van der Waals surface area contributed by atoms with E-state index in [1.165, 1.54) is 19.1 Å². The van der Waals surface area contributed by atoms with Gasteiger partial charge < -0.3 is 4.74 Å². The molecule has 0 N–H and O–H groups in total. The van der Waals surface area contributed by atoms with Gasteiger partial charge >= 0.3 is 0 Å². The van der Waals surface area contributed by atoms with E-state index < -0.39 is 37.0 Å². The van der Waals surface area contributed by atoms with Crippen molar-refractivity contribution in [2.45, 2.75) is 29.5 Å². The highest BCUT2D eigenvalue weighted by atomic mass is 32.2. The lowest BCUT2D eigenvalue weighted by atomic mass is 10.1. The van der Waals surface area contributed by atoms with E-state index in [1.807, 2.05) is 0 Å². The Bertz CT molecular complexity index is 801. The zero-order valence-electron chi connectivity index (χ0n) is 12.6. The summed E-state index contributed by atoms with van der Waals surface area (Å²) in [6.45, 7) is 1.64. The van der Waals surface area contributed by atoms with Crippen molar-refractivity contribution in [1.82, 2.24) is 4.31 Å². The summed E-state index contributed by atoms with van der Waals surface area (Å²) in [6, 6.07) is 3.37. The van der Waals surface area contributed by atoms with Gasteiger partial charge in [-0.15, -0.1) is 0 Å². The first-order valence-corrected chi connectivity index (χ1v) is 10.5. The van der Waals surface area contributed by atoms with Gasteiger partial charge in [-0.25, -0.2) is 21.2 Å². The second-order valence-corrected chi connectivity index (χ2v) is 10.0. The van der Waals surface area contributed by atoms with Gasteiger partial charge in [-0.05, 0) is 25.0 Å². The van der Waals surface area contributed by atoms with Gasteiger partial charge in [-0.3, -0.25) is 0 Å². The zero-order chi connectivity index (χ0) is 16.8. The van der Waals surface area contributed by atoms with Crippen LogP contribution in [-0.4, -0.2) is 57.9 Å². The summed E-state index contributed by atoms with van der Waals surface area (Å²) < 4.78 is 70.7. The van der Waals surface area contributed by atoms with E-state index in [1.54, 1.807) is 0 Å². The third-order valence-electron chi connectivity index (χ3n) is 4.43. The molecule has 2 heterocycles. The highest BCUT2D eigenvalue weighted by Gasteiger charge is 2.48. The summed E-state index contributed by atoms with van der Waals surface area (Å²) in [5.41, 5.74) is 0.307. The molecule has 0 aliphatic carbocycles. The molecule has 23 heavy (non-hydrogen) atoms. The molecule has 1 aromatic rings. The Hall–Kier alpha value is -1.03. The molecule has 2 atom stereocenters. The Morgan fingerprint density at radius 2 is 2.09 bits per heavy atom. The summed E-state index contributed by atoms with van der Waals surface area (Å²) >= 11 is 0. The lowest BCUT2D eigenvalue weighted by Crippen LogP contribution is -2.60. The van der Waals surface area contributed by atoms with Gasteiger partial charge in [-0.1, -0.05) is 12.1 Å². The fourth-order valence-corrected chi connectivity index (χ4v) is 7.24. The van der Waals surface area contributed by atoms with Crippen LogP contribution in [-0.2, 0) is 24.6 Å². The summed E-state index contributed by atoms with van der Waals surface area (Å²) in [7, 11) is -7.51. The summed E-state index contributed by atoms with van der Waals surface area (Å²) in [5.74, 6) is -1.09. The number of nitrogens with zero attached hydrogens (tertiary/aromatic N) is 1. The molecule has 0 spiro atoms. The van der Waals surface area contributed by atoms with Crippen LogP contribution in [0, 0.1) is 12.7 Å². The van der Waals surface area contributed by atoms with Crippen LogP contribution < -0.4 is 0 Å². The normalized spacial score (nSPS) is 28.3. The van der Waals surface area contributed by atoms with Crippen LogP contribution in [0.3, 0.4) is 0 Å². The first kappa shape index (κ1) is 16.8. The Balaban J connectivity index is 2.07. The van der Waals surface area contributed by atoms with E-state index in [2.05, 4.69) is 0 Å². The van der Waals surface area contributed by atoms with Gasteiger partial charge in [0.15, 0.2) is 9.84 Å². The van der Waals surface area contributed by atoms with Crippen LogP contribution >= 0.6 is 0 Å². The topological polar surface area (TPSA) is 80.8 Å². The molecule has 2 saturated heterocycles. The highest BCUT2D eigenvalue weighted by Crippen LogP contribution is 2.32. The molecule has 128 valence electrons. The van der Waals surface area contributed by atoms with E-state index in [9.17, 15) is 21.2 Å². The van der Waals surface area contributed by atoms with Crippen LogP contribution in [0.1, 0.15) is 12.0 Å². The molecule has 0 radical (unpaired) electrons. The van der Waals surface area contributed by atoms with Crippen LogP contribution in [0.4, 0.5) is 4.39 Å². The Kier molecular flexibility index (Phi) is 4.24. The number of halogens is 1. The van der Waals surface area contributed by atoms with E-state index in [0.717, 1.165) is 10.4 Å². The lowest BCUT2D eigenvalue weighted by molar-refractivity contribution is 0.0589. The summed E-state index contributed by atoms with van der Waals surface area (Å²) in [5, 5.41) is -0.883. The number of ether oxygens (including phenoxy) is 1. The van der Waals surface area contributed by atoms with Crippen molar-refractivity contribution in [1.29, 1.82) is 0 Å². The van der Waals surface area contributed by atoms with Crippen molar-refractivity contribution in [2.75, 3.05) is 25.5 Å². The molecule has 2 aliphatic heterocycles. The van der Waals surface area contributed by atoms with Crippen molar-refractivity contribution in [3.05, 3.63) is 29.6 Å². The molecule has 2 aliphatic rings. The van der Waals surface area contributed by atoms with Crippen molar-refractivity contribution >= 4 is 19.9 Å². The predicted octanol–water partition coefficient (Wildman–Crippen LogP) is 0.711. The van der Waals surface area contributed by atoms with E-state index >= 15 is 0 Å². The average molecular weight is 363 g/mol. The third kappa shape index (κ3) is 2.79. The number of hydrogen-bond donors (Lipinski definition) is 0. The number of aryl methyl sites for hydroxylation is 1. The van der Waals surface area contributed by atoms with Crippen molar-refractivity contribution in [3.63, 3.8) is 0 Å². The molecular weight excluding hydrogens is 345 g/mol. The van der Waals surface area contributed by atoms with Gasteiger partial charge in [0.05, 0.1) is 12.4 Å². The molecule has 3 rings (SSSR count). The fourth-order valence-electron chi connectivity index (χ4n) is 3.27. The first-order valence-electron chi connectivity index (χ1n) is 7.31. The average Bonchev–Trinajstić information content (AvgIpc) is 2.46. The van der Waals surface area contributed by atoms with Crippen molar-refractivity contribution < 1.29 is 26.0 Å². The second-order valence-electron chi connectivity index (χ2n) is 5.84. The number of sulfonamides is 1. The number of benzene rings is 1. The Morgan fingerprint density at radius 1 is 1.35 bits per heavy atom. The fraction of sp³-hybridized carbons (Fsp3) is 0.571. The molecule has 9 heteroatoms. The number of hydrogen-bond acceptors (Lipinski definition) is 5. The predicted molar refractivity (Wildman–Crippen MR) is 81.8 cm³/mol. The zero-order valence-corrected chi connectivity index (χ0v) is 14.2. The van der Waals surface area contributed by atoms with Crippen LogP contribution in [0.15, 0.2) is 23.1 Å². The first-order chi connectivity index (χ1) is 10.7. The van der Waals surface area contributed by atoms with E-state index in [4.69, 9.17) is 4.74 Å². The highest BCUT2D eigenvalue weighted by molar-refractivity contribution is 7.92. The van der Waals surface area contributed by atoms with E-state index in [0.29, 0.717) is 12.2 Å². The van der Waals surface area contributed by atoms with Gasteiger partial charge in [0.2, 0.25) is 10.0 Å². The van der Waals surface area contributed by atoms with Gasteiger partial charge in [0.1, 0.15) is 16.0 Å². The molecule has 1 aromatic carbocycles. The molecule has 2 fully saturated rings. The third-order valence-corrected chi connectivity index (χ3v) is 8.66. The maximum absolute atomic E-state index is 14.1. The van der Waals surface area contributed by atoms with Crippen LogP contribution in [0.25, 0.3) is 0 Å². The van der Waals surface area contributed by atoms with Gasteiger partial charge in [-0.2, -0.15) is 4.31 Å². The van der Waals surface area contributed by atoms with Gasteiger partial charge in [0, 0.05) is 19.2 Å². The summed E-state index contributed by atoms with van der Waals surface area (Å²) in [6.07, 6.45) is 0.288.